The summed E-state index contributed by atoms with van der Waals surface area (Å²) in [4.78, 5) is 42.2. The predicted molar refractivity (Wildman–Crippen MR) is 84.2 cm³/mol. The van der Waals surface area contributed by atoms with Crippen LogP contribution < -0.4 is 16.8 Å². The van der Waals surface area contributed by atoms with Gasteiger partial charge < -0.3 is 9.55 Å². The number of hydrogen-bond donors (Lipinski definition) is 1. The molecule has 0 saturated heterocycles. The zero-order valence-electron chi connectivity index (χ0n) is 12.5. The van der Waals surface area contributed by atoms with Gasteiger partial charge in [0.2, 0.25) is 5.56 Å². The minimum Gasteiger partial charge on any atom is -0.329 e. The third-order valence-electron chi connectivity index (χ3n) is 3.44. The van der Waals surface area contributed by atoms with Crippen molar-refractivity contribution >= 4 is 11.2 Å². The van der Waals surface area contributed by atoms with Crippen LogP contribution in [0.3, 0.4) is 0 Å². The quantitative estimate of drug-likeness (QED) is 0.594. The SMILES string of the molecule is Cn1c(=O)c2c(ncn2C)n(CC#Cc2cc[nH]c(=O)c2)c1=O. The molecule has 8 nitrogen and oxygen atoms in total. The molecule has 8 heteroatoms. The molecule has 116 valence electrons. The van der Waals surface area contributed by atoms with E-state index in [2.05, 4.69) is 21.8 Å². The van der Waals surface area contributed by atoms with E-state index in [-0.39, 0.29) is 12.1 Å². The number of hydrogen-bond acceptors (Lipinski definition) is 4. The molecule has 0 radical (unpaired) electrons. The van der Waals surface area contributed by atoms with Crippen LogP contribution in [0.2, 0.25) is 0 Å². The lowest BCUT2D eigenvalue weighted by Crippen LogP contribution is -2.38. The molecule has 0 spiro atoms. The van der Waals surface area contributed by atoms with Crippen molar-refractivity contribution in [2.75, 3.05) is 0 Å². The summed E-state index contributed by atoms with van der Waals surface area (Å²) in [6.45, 7) is 0.0628. The van der Waals surface area contributed by atoms with Crippen molar-refractivity contribution in [1.82, 2.24) is 23.7 Å². The van der Waals surface area contributed by atoms with Gasteiger partial charge in [-0.15, -0.1) is 0 Å². The number of rotatable bonds is 1. The van der Waals surface area contributed by atoms with Crippen LogP contribution in [-0.2, 0) is 20.6 Å². The molecule has 0 atom stereocenters. The standard InChI is InChI=1S/C15H13N5O3/c1-18-9-17-13-12(18)14(22)19(2)15(23)20(13)7-3-4-10-5-6-16-11(21)8-10/h5-6,8-9H,7H2,1-2H3,(H,16,21). The first-order valence-electron chi connectivity index (χ1n) is 6.77. The second-order valence-corrected chi connectivity index (χ2v) is 5.00. The number of H-pyrrole nitrogens is 1. The Morgan fingerprint density at radius 3 is 2.78 bits per heavy atom. The first-order valence-corrected chi connectivity index (χ1v) is 6.77. The molecule has 23 heavy (non-hydrogen) atoms. The molecule has 3 aromatic rings. The van der Waals surface area contributed by atoms with Gasteiger partial charge >= 0.3 is 5.69 Å². The summed E-state index contributed by atoms with van der Waals surface area (Å²) in [6, 6.07) is 3.03. The maximum atomic E-state index is 12.3. The predicted octanol–water partition coefficient (Wildman–Crippen LogP) is -0.826. The highest BCUT2D eigenvalue weighted by atomic mass is 16.2. The van der Waals surface area contributed by atoms with E-state index in [4.69, 9.17) is 0 Å². The number of nitrogens with zero attached hydrogens (tertiary/aromatic N) is 4. The van der Waals surface area contributed by atoms with Crippen LogP contribution in [0, 0.1) is 11.8 Å². The Kier molecular flexibility index (Phi) is 3.46. The van der Waals surface area contributed by atoms with Crippen LogP contribution in [0.1, 0.15) is 5.56 Å². The number of aromatic amines is 1. The van der Waals surface area contributed by atoms with Gasteiger partial charge in [-0.2, -0.15) is 0 Å². The fraction of sp³-hybridized carbons (Fsp3) is 0.200. The van der Waals surface area contributed by atoms with Crippen LogP contribution in [0.25, 0.3) is 11.2 Å². The molecule has 0 aliphatic heterocycles. The van der Waals surface area contributed by atoms with Gasteiger partial charge in [0.25, 0.3) is 5.56 Å². The Morgan fingerprint density at radius 2 is 2.04 bits per heavy atom. The Balaban J connectivity index is 2.10. The zero-order valence-corrected chi connectivity index (χ0v) is 12.5. The van der Waals surface area contributed by atoms with Crippen molar-refractivity contribution in [3.63, 3.8) is 0 Å². The lowest BCUT2D eigenvalue weighted by molar-refractivity contribution is 0.682. The van der Waals surface area contributed by atoms with E-state index in [1.54, 1.807) is 17.7 Å². The monoisotopic (exact) mass is 311 g/mol. The number of aromatic nitrogens is 5. The molecule has 0 saturated carbocycles. The van der Waals surface area contributed by atoms with Crippen molar-refractivity contribution < 1.29 is 0 Å². The van der Waals surface area contributed by atoms with Gasteiger partial charge in [-0.05, 0) is 6.07 Å². The van der Waals surface area contributed by atoms with Crippen molar-refractivity contribution in [2.24, 2.45) is 14.1 Å². The minimum absolute atomic E-state index is 0.0628. The summed E-state index contributed by atoms with van der Waals surface area (Å²) < 4.78 is 3.92. The van der Waals surface area contributed by atoms with Crippen LogP contribution in [0.5, 0.6) is 0 Å². The number of pyridine rings is 1. The number of imidazole rings is 1. The molecule has 1 N–H and O–H groups in total. The third-order valence-corrected chi connectivity index (χ3v) is 3.44. The smallest absolute Gasteiger partial charge is 0.329 e. The Hall–Kier alpha value is -3.34. The maximum absolute atomic E-state index is 12.3. The highest BCUT2D eigenvalue weighted by molar-refractivity contribution is 5.70. The molecule has 0 amide bonds. The molecule has 0 unspecified atom stereocenters. The van der Waals surface area contributed by atoms with Crippen molar-refractivity contribution in [3.05, 3.63) is 61.4 Å². The van der Waals surface area contributed by atoms with E-state index < -0.39 is 11.2 Å². The molecule has 0 bridgehead atoms. The van der Waals surface area contributed by atoms with Gasteiger partial charge in [0, 0.05) is 31.9 Å². The van der Waals surface area contributed by atoms with Gasteiger partial charge in [-0.25, -0.2) is 9.78 Å². The first-order chi connectivity index (χ1) is 11.0. The van der Waals surface area contributed by atoms with Gasteiger partial charge in [-0.1, -0.05) is 11.8 Å². The maximum Gasteiger partial charge on any atom is 0.333 e. The number of nitrogens with one attached hydrogen (secondary N) is 1. The number of fused-ring (bicyclic) bond motifs is 1. The fourth-order valence-corrected chi connectivity index (χ4v) is 2.26. The largest absolute Gasteiger partial charge is 0.333 e. The highest BCUT2D eigenvalue weighted by Gasteiger charge is 2.13. The number of aryl methyl sites for hydroxylation is 1. The highest BCUT2D eigenvalue weighted by Crippen LogP contribution is 2.03. The van der Waals surface area contributed by atoms with Crippen LogP contribution in [0.15, 0.2) is 39.0 Å². The van der Waals surface area contributed by atoms with Crippen LogP contribution in [0.4, 0.5) is 0 Å². The topological polar surface area (TPSA) is 94.7 Å². The summed E-state index contributed by atoms with van der Waals surface area (Å²) in [7, 11) is 3.10. The van der Waals surface area contributed by atoms with Crippen LogP contribution >= 0.6 is 0 Å². The summed E-state index contributed by atoms with van der Waals surface area (Å²) in [5.41, 5.74) is 0.0446. The summed E-state index contributed by atoms with van der Waals surface area (Å²) in [5.74, 6) is 5.64. The third kappa shape index (κ3) is 2.48. The molecule has 3 rings (SSSR count). The molecule has 0 aliphatic carbocycles. The lowest BCUT2D eigenvalue weighted by Gasteiger charge is -2.05. The fourth-order valence-electron chi connectivity index (χ4n) is 2.26. The molecule has 3 heterocycles. The molecule has 0 aliphatic rings. The van der Waals surface area contributed by atoms with Crippen molar-refractivity contribution in [1.29, 1.82) is 0 Å². The molecular weight excluding hydrogens is 298 g/mol. The van der Waals surface area contributed by atoms with Crippen molar-refractivity contribution in [2.45, 2.75) is 6.54 Å². The van der Waals surface area contributed by atoms with E-state index >= 15 is 0 Å². The van der Waals surface area contributed by atoms with Gasteiger partial charge in [0.15, 0.2) is 11.2 Å². The average molecular weight is 311 g/mol. The Bertz CT molecular complexity index is 1130. The van der Waals surface area contributed by atoms with E-state index in [1.165, 1.54) is 30.2 Å². The summed E-state index contributed by atoms with van der Waals surface area (Å²) in [5, 5.41) is 0. The van der Waals surface area contributed by atoms with Crippen LogP contribution in [-0.4, -0.2) is 23.7 Å². The first kappa shape index (κ1) is 14.6. The minimum atomic E-state index is -0.485. The van der Waals surface area contributed by atoms with Gasteiger partial charge in [0.05, 0.1) is 12.9 Å². The van der Waals surface area contributed by atoms with E-state index in [1.807, 2.05) is 0 Å². The van der Waals surface area contributed by atoms with Crippen molar-refractivity contribution in [3.8, 4) is 11.8 Å². The molecule has 0 aromatic carbocycles. The normalized spacial score (nSPS) is 10.5. The molecular formula is C15H13N5O3. The second-order valence-electron chi connectivity index (χ2n) is 5.00. The molecule has 0 fully saturated rings. The molecule has 3 aromatic heterocycles. The van der Waals surface area contributed by atoms with Gasteiger partial charge in [0.1, 0.15) is 0 Å². The zero-order chi connectivity index (χ0) is 16.6. The summed E-state index contributed by atoms with van der Waals surface area (Å²) >= 11 is 0. The summed E-state index contributed by atoms with van der Waals surface area (Å²) in [6.07, 6.45) is 2.98. The second kappa shape index (κ2) is 5.46. The lowest BCUT2D eigenvalue weighted by atomic mass is 10.3. The van der Waals surface area contributed by atoms with E-state index in [9.17, 15) is 14.4 Å². The van der Waals surface area contributed by atoms with E-state index in [0.717, 1.165) is 4.57 Å². The van der Waals surface area contributed by atoms with Gasteiger partial charge in [-0.3, -0.25) is 18.7 Å². The van der Waals surface area contributed by atoms with E-state index in [0.29, 0.717) is 16.7 Å². The Morgan fingerprint density at radius 1 is 1.26 bits per heavy atom. The Labute approximate surface area is 129 Å². The average Bonchev–Trinajstić information content (AvgIpc) is 2.90.